The van der Waals surface area contributed by atoms with Gasteiger partial charge in [-0.25, -0.2) is 9.78 Å². The molecule has 0 radical (unpaired) electrons. The van der Waals surface area contributed by atoms with E-state index in [9.17, 15) is 4.79 Å². The first-order chi connectivity index (χ1) is 5.29. The molecule has 3 nitrogen and oxygen atoms in total. The van der Waals surface area contributed by atoms with Crippen LogP contribution in [-0.4, -0.2) is 11.1 Å². The molecular formula is C8H8NO2+. The maximum Gasteiger partial charge on any atom is 0.328 e. The van der Waals surface area contributed by atoms with Crippen LogP contribution in [0.3, 0.4) is 0 Å². The van der Waals surface area contributed by atoms with Crippen LogP contribution < -0.4 is 4.98 Å². The summed E-state index contributed by atoms with van der Waals surface area (Å²) in [5, 5.41) is 8.28. The number of carboxylic acids is 1. The minimum absolute atomic E-state index is 0.843. The van der Waals surface area contributed by atoms with E-state index >= 15 is 0 Å². The van der Waals surface area contributed by atoms with E-state index < -0.39 is 5.97 Å². The van der Waals surface area contributed by atoms with E-state index in [1.165, 1.54) is 6.08 Å². The van der Waals surface area contributed by atoms with Gasteiger partial charge in [0.2, 0.25) is 0 Å². The molecule has 11 heavy (non-hydrogen) atoms. The molecule has 0 saturated carbocycles. The van der Waals surface area contributed by atoms with Crippen LogP contribution in [0.25, 0.3) is 6.08 Å². The molecule has 1 aromatic heterocycles. The average Bonchev–Trinajstić information content (AvgIpc) is 2.03. The number of nitrogens with one attached hydrogen (secondary N) is 1. The average molecular weight is 150 g/mol. The molecule has 0 unspecified atom stereocenters. The van der Waals surface area contributed by atoms with Gasteiger partial charge in [0.25, 0.3) is 0 Å². The maximum absolute atomic E-state index is 10.1. The van der Waals surface area contributed by atoms with Crippen LogP contribution in [0.15, 0.2) is 30.6 Å². The molecule has 0 aliphatic heterocycles. The molecule has 0 aliphatic rings. The Morgan fingerprint density at radius 1 is 1.64 bits per heavy atom. The third-order valence-electron chi connectivity index (χ3n) is 1.15. The highest BCUT2D eigenvalue weighted by Gasteiger charge is 1.89. The van der Waals surface area contributed by atoms with Crippen molar-refractivity contribution in [2.24, 2.45) is 0 Å². The molecule has 0 bridgehead atoms. The number of H-pyrrole nitrogens is 1. The molecule has 0 fully saturated rings. The summed E-state index contributed by atoms with van der Waals surface area (Å²) in [5.74, 6) is -0.936. The highest BCUT2D eigenvalue weighted by Crippen LogP contribution is 1.95. The zero-order chi connectivity index (χ0) is 8.10. The van der Waals surface area contributed by atoms with E-state index in [4.69, 9.17) is 5.11 Å². The highest BCUT2D eigenvalue weighted by molar-refractivity contribution is 5.85. The maximum atomic E-state index is 10.1. The number of carboxylic acid groups (broad SMARTS) is 1. The number of hydrogen-bond acceptors (Lipinski definition) is 1. The van der Waals surface area contributed by atoms with Gasteiger partial charge in [0.05, 0.1) is 0 Å². The van der Waals surface area contributed by atoms with E-state index in [1.807, 2.05) is 12.1 Å². The van der Waals surface area contributed by atoms with E-state index in [0.29, 0.717) is 0 Å². The second kappa shape index (κ2) is 3.51. The first kappa shape index (κ1) is 7.47. The van der Waals surface area contributed by atoms with Crippen molar-refractivity contribution in [1.29, 1.82) is 0 Å². The van der Waals surface area contributed by atoms with Gasteiger partial charge in [-0.05, 0) is 12.1 Å². The number of aromatic amines is 1. The van der Waals surface area contributed by atoms with Crippen molar-refractivity contribution in [2.45, 2.75) is 0 Å². The quantitative estimate of drug-likeness (QED) is 0.627. The van der Waals surface area contributed by atoms with Gasteiger partial charge in [0.1, 0.15) is 0 Å². The van der Waals surface area contributed by atoms with E-state index in [2.05, 4.69) is 4.98 Å². The number of pyridine rings is 1. The fourth-order valence-electron chi connectivity index (χ4n) is 0.678. The van der Waals surface area contributed by atoms with Crippen LogP contribution in [0.5, 0.6) is 0 Å². The van der Waals surface area contributed by atoms with Crippen molar-refractivity contribution in [3.8, 4) is 0 Å². The Hall–Kier alpha value is -1.64. The molecule has 0 spiro atoms. The summed E-state index contributed by atoms with van der Waals surface area (Å²) in [7, 11) is 0. The molecule has 0 saturated heterocycles. The number of hydrogen-bond donors (Lipinski definition) is 1. The van der Waals surface area contributed by atoms with Crippen LogP contribution in [0.1, 0.15) is 5.56 Å². The lowest BCUT2D eigenvalue weighted by molar-refractivity contribution is -0.378. The molecule has 1 rings (SSSR count). The van der Waals surface area contributed by atoms with Gasteiger partial charge >= 0.3 is 5.97 Å². The summed E-state index contributed by atoms with van der Waals surface area (Å²) in [6, 6.07) is 3.62. The zero-order valence-corrected chi connectivity index (χ0v) is 5.82. The van der Waals surface area contributed by atoms with Crippen molar-refractivity contribution < 1.29 is 14.9 Å². The molecule has 0 atom stereocenters. The second-order valence-corrected chi connectivity index (χ2v) is 2.01. The summed E-state index contributed by atoms with van der Waals surface area (Å²) in [5.41, 5.74) is 0.843. The number of aromatic nitrogens is 1. The summed E-state index contributed by atoms with van der Waals surface area (Å²) in [4.78, 5) is 12.9. The van der Waals surface area contributed by atoms with Gasteiger partial charge < -0.3 is 5.11 Å². The molecule has 0 aromatic carbocycles. The van der Waals surface area contributed by atoms with Crippen LogP contribution in [0.4, 0.5) is 0 Å². The third kappa shape index (κ3) is 2.62. The van der Waals surface area contributed by atoms with Crippen LogP contribution >= 0.6 is 0 Å². The second-order valence-electron chi connectivity index (χ2n) is 2.01. The molecule has 1 heterocycles. The van der Waals surface area contributed by atoms with E-state index in [1.54, 1.807) is 12.4 Å². The SMILES string of the molecule is O=C(O)/C=C/c1ccc[nH+]c1. The number of carbonyl (C=O) groups is 1. The van der Waals surface area contributed by atoms with Gasteiger partial charge in [-0.15, -0.1) is 0 Å². The van der Waals surface area contributed by atoms with Gasteiger partial charge in [0, 0.05) is 17.7 Å². The summed E-state index contributed by atoms with van der Waals surface area (Å²) in [6.45, 7) is 0. The lowest BCUT2D eigenvalue weighted by Crippen LogP contribution is -1.98. The van der Waals surface area contributed by atoms with E-state index in [-0.39, 0.29) is 0 Å². The fraction of sp³-hybridized carbons (Fsp3) is 0. The van der Waals surface area contributed by atoms with Crippen molar-refractivity contribution in [3.63, 3.8) is 0 Å². The van der Waals surface area contributed by atoms with Gasteiger partial charge in [-0.3, -0.25) is 0 Å². The summed E-state index contributed by atoms with van der Waals surface area (Å²) < 4.78 is 0. The monoisotopic (exact) mass is 150 g/mol. The normalized spacial score (nSPS) is 10.2. The minimum Gasteiger partial charge on any atom is -0.478 e. The zero-order valence-electron chi connectivity index (χ0n) is 5.82. The topological polar surface area (TPSA) is 51.4 Å². The van der Waals surface area contributed by atoms with Gasteiger partial charge in [0.15, 0.2) is 12.4 Å². The lowest BCUT2D eigenvalue weighted by Gasteiger charge is -1.83. The van der Waals surface area contributed by atoms with Crippen molar-refractivity contribution in [1.82, 2.24) is 0 Å². The molecule has 1 aromatic rings. The Balaban J connectivity index is 2.72. The van der Waals surface area contributed by atoms with Crippen molar-refractivity contribution in [2.75, 3.05) is 0 Å². The van der Waals surface area contributed by atoms with Crippen molar-refractivity contribution >= 4 is 12.0 Å². The Labute approximate surface area is 64.0 Å². The van der Waals surface area contributed by atoms with Gasteiger partial charge in [-0.1, -0.05) is 0 Å². The minimum atomic E-state index is -0.936. The van der Waals surface area contributed by atoms with Gasteiger partial charge in [-0.2, -0.15) is 0 Å². The molecule has 0 aliphatic carbocycles. The fourth-order valence-corrected chi connectivity index (χ4v) is 0.678. The molecule has 56 valence electrons. The highest BCUT2D eigenvalue weighted by atomic mass is 16.4. The Bertz CT molecular complexity index is 267. The summed E-state index contributed by atoms with van der Waals surface area (Å²) >= 11 is 0. The third-order valence-corrected chi connectivity index (χ3v) is 1.15. The lowest BCUT2D eigenvalue weighted by atomic mass is 10.3. The first-order valence-electron chi connectivity index (χ1n) is 3.16. The summed E-state index contributed by atoms with van der Waals surface area (Å²) in [6.07, 6.45) is 6.11. The van der Waals surface area contributed by atoms with E-state index in [0.717, 1.165) is 11.6 Å². The first-order valence-corrected chi connectivity index (χ1v) is 3.16. The largest absolute Gasteiger partial charge is 0.478 e. The molecular weight excluding hydrogens is 142 g/mol. The standard InChI is InChI=1S/C8H7NO2/c10-8(11)4-3-7-2-1-5-9-6-7/h1-6H,(H,10,11)/p+1/b4-3+. The molecule has 2 N–H and O–H groups in total. The number of rotatable bonds is 2. The number of aliphatic carboxylic acids is 1. The predicted molar refractivity (Wildman–Crippen MR) is 39.7 cm³/mol. The molecule has 0 amide bonds. The Morgan fingerprint density at radius 3 is 3.00 bits per heavy atom. The predicted octanol–water partition coefficient (Wildman–Crippen LogP) is 0.599. The van der Waals surface area contributed by atoms with Crippen LogP contribution in [0, 0.1) is 0 Å². The van der Waals surface area contributed by atoms with Crippen LogP contribution in [0.2, 0.25) is 0 Å². The molecule has 3 heteroatoms. The smallest absolute Gasteiger partial charge is 0.328 e. The Morgan fingerprint density at radius 2 is 2.45 bits per heavy atom. The van der Waals surface area contributed by atoms with Crippen LogP contribution in [-0.2, 0) is 4.79 Å². The Kier molecular flexibility index (Phi) is 2.38. The van der Waals surface area contributed by atoms with Crippen molar-refractivity contribution in [3.05, 3.63) is 36.2 Å².